The number of nitrogens with two attached hydrogens (primary N) is 1. The van der Waals surface area contributed by atoms with Crippen LogP contribution in [0.4, 0.5) is 5.69 Å². The van der Waals surface area contributed by atoms with Gasteiger partial charge in [0, 0.05) is 4.47 Å². The van der Waals surface area contributed by atoms with Crippen molar-refractivity contribution in [2.45, 2.75) is 0 Å². The Balaban J connectivity index is 3.18. The summed E-state index contributed by atoms with van der Waals surface area (Å²) in [6, 6.07) is 3.45. The lowest BCUT2D eigenvalue weighted by molar-refractivity contribution is 1.44. The number of hydrogen-bond acceptors (Lipinski definition) is 1. The highest BCUT2D eigenvalue weighted by Gasteiger charge is 2.07. The largest absolute Gasteiger partial charge is 0.386 e. The molecule has 0 aliphatic carbocycles. The standard InChI is InChI=1S/C8H6BrCl3N2/c9-4-1-2-5(8(12)7(4)11)14-6(13)3-10/h1-2H,3H2,(H2,13,14). The van der Waals surface area contributed by atoms with E-state index >= 15 is 0 Å². The Morgan fingerprint density at radius 2 is 2.00 bits per heavy atom. The smallest absolute Gasteiger partial charge is 0.115 e. The summed E-state index contributed by atoms with van der Waals surface area (Å²) in [5.74, 6) is 0.455. The topological polar surface area (TPSA) is 38.4 Å². The minimum Gasteiger partial charge on any atom is -0.386 e. The van der Waals surface area contributed by atoms with Gasteiger partial charge in [-0.25, -0.2) is 4.99 Å². The maximum Gasteiger partial charge on any atom is 0.115 e. The van der Waals surface area contributed by atoms with Gasteiger partial charge in [-0.3, -0.25) is 0 Å². The molecule has 14 heavy (non-hydrogen) atoms. The molecule has 2 N–H and O–H groups in total. The van der Waals surface area contributed by atoms with Crippen LogP contribution in [0.1, 0.15) is 0 Å². The molecule has 0 spiro atoms. The summed E-state index contributed by atoms with van der Waals surface area (Å²) in [4.78, 5) is 4.00. The number of alkyl halides is 1. The van der Waals surface area contributed by atoms with Crippen LogP contribution in [0.5, 0.6) is 0 Å². The Bertz CT molecular complexity index is 379. The maximum absolute atomic E-state index is 5.93. The molecule has 0 radical (unpaired) electrons. The molecule has 1 aromatic rings. The van der Waals surface area contributed by atoms with Crippen LogP contribution in [0, 0.1) is 0 Å². The van der Waals surface area contributed by atoms with Gasteiger partial charge in [-0.1, -0.05) is 23.2 Å². The van der Waals surface area contributed by atoms with Crippen LogP contribution in [0.25, 0.3) is 0 Å². The molecule has 76 valence electrons. The Morgan fingerprint density at radius 3 is 2.57 bits per heavy atom. The van der Waals surface area contributed by atoms with Crippen LogP contribution in [-0.4, -0.2) is 11.7 Å². The molecule has 0 saturated carbocycles. The molecule has 1 aromatic carbocycles. The van der Waals surface area contributed by atoms with Gasteiger partial charge >= 0.3 is 0 Å². The van der Waals surface area contributed by atoms with Gasteiger partial charge in [0.15, 0.2) is 0 Å². The first-order chi connectivity index (χ1) is 6.56. The minimum atomic E-state index is 0.157. The molecule has 0 bridgehead atoms. The molecule has 2 nitrogen and oxygen atoms in total. The minimum absolute atomic E-state index is 0.157. The highest BCUT2D eigenvalue weighted by atomic mass is 79.9. The number of aliphatic imine (C=N–C) groups is 1. The van der Waals surface area contributed by atoms with Crippen molar-refractivity contribution in [3.05, 3.63) is 26.7 Å². The third-order valence-corrected chi connectivity index (χ3v) is 3.45. The van der Waals surface area contributed by atoms with Crippen LogP contribution < -0.4 is 5.73 Å². The molecule has 0 aliphatic rings. The normalized spacial score (nSPS) is 11.9. The first-order valence-electron chi connectivity index (χ1n) is 3.58. The first kappa shape index (κ1) is 12.1. The zero-order chi connectivity index (χ0) is 10.7. The Morgan fingerprint density at radius 1 is 1.36 bits per heavy atom. The van der Waals surface area contributed by atoms with Crippen molar-refractivity contribution in [2.24, 2.45) is 10.7 Å². The second kappa shape index (κ2) is 5.21. The van der Waals surface area contributed by atoms with E-state index in [0.717, 1.165) is 0 Å². The molecule has 0 aliphatic heterocycles. The van der Waals surface area contributed by atoms with Crippen molar-refractivity contribution in [3.63, 3.8) is 0 Å². The first-order valence-corrected chi connectivity index (χ1v) is 5.67. The molecular formula is C8H6BrCl3N2. The highest BCUT2D eigenvalue weighted by Crippen LogP contribution is 2.37. The molecule has 0 unspecified atom stereocenters. The van der Waals surface area contributed by atoms with Crippen molar-refractivity contribution in [3.8, 4) is 0 Å². The number of nitrogens with zero attached hydrogens (tertiary/aromatic N) is 1. The van der Waals surface area contributed by atoms with Crippen molar-refractivity contribution in [2.75, 3.05) is 5.88 Å². The molecule has 6 heteroatoms. The van der Waals surface area contributed by atoms with Crippen LogP contribution in [-0.2, 0) is 0 Å². The van der Waals surface area contributed by atoms with Gasteiger partial charge in [-0.2, -0.15) is 0 Å². The zero-order valence-electron chi connectivity index (χ0n) is 6.90. The second-order valence-electron chi connectivity index (χ2n) is 2.43. The highest BCUT2D eigenvalue weighted by molar-refractivity contribution is 9.10. The maximum atomic E-state index is 5.93. The Labute approximate surface area is 105 Å². The van der Waals surface area contributed by atoms with E-state index in [-0.39, 0.29) is 5.88 Å². The summed E-state index contributed by atoms with van der Waals surface area (Å²) < 4.78 is 0.715. The van der Waals surface area contributed by atoms with Crippen LogP contribution in [0.15, 0.2) is 21.6 Å². The molecule has 0 fully saturated rings. The second-order valence-corrected chi connectivity index (χ2v) is 4.31. The number of amidine groups is 1. The Hall–Kier alpha value is 0.0400. The van der Waals surface area contributed by atoms with Gasteiger partial charge in [-0.05, 0) is 28.1 Å². The quantitative estimate of drug-likeness (QED) is 0.381. The summed E-state index contributed by atoms with van der Waals surface area (Å²) in [7, 11) is 0. The van der Waals surface area contributed by atoms with E-state index in [1.807, 2.05) is 0 Å². The lowest BCUT2D eigenvalue weighted by Gasteiger charge is -2.03. The van der Waals surface area contributed by atoms with Gasteiger partial charge < -0.3 is 5.73 Å². The lowest BCUT2D eigenvalue weighted by atomic mass is 10.3. The molecule has 1 rings (SSSR count). The van der Waals surface area contributed by atoms with E-state index < -0.39 is 0 Å². The van der Waals surface area contributed by atoms with E-state index in [1.165, 1.54) is 0 Å². The van der Waals surface area contributed by atoms with Crippen molar-refractivity contribution < 1.29 is 0 Å². The molecule has 0 aromatic heterocycles. The lowest BCUT2D eigenvalue weighted by Crippen LogP contribution is -2.12. The Kier molecular flexibility index (Phi) is 4.51. The zero-order valence-corrected chi connectivity index (χ0v) is 10.8. The SMILES string of the molecule is NC(CCl)=Nc1ccc(Br)c(Cl)c1Cl. The number of rotatable bonds is 2. The summed E-state index contributed by atoms with van der Waals surface area (Å²) in [6.07, 6.45) is 0. The predicted octanol–water partition coefficient (Wildman–Crippen LogP) is 3.98. The van der Waals surface area contributed by atoms with Gasteiger partial charge in [0.2, 0.25) is 0 Å². The predicted molar refractivity (Wildman–Crippen MR) is 66.2 cm³/mol. The van der Waals surface area contributed by atoms with Crippen LogP contribution in [0.3, 0.4) is 0 Å². The van der Waals surface area contributed by atoms with E-state index in [4.69, 9.17) is 40.5 Å². The summed E-state index contributed by atoms with van der Waals surface area (Å²) in [5.41, 5.74) is 5.98. The van der Waals surface area contributed by atoms with E-state index in [9.17, 15) is 0 Å². The molecular weight excluding hydrogens is 310 g/mol. The summed E-state index contributed by atoms with van der Waals surface area (Å²) in [6.45, 7) is 0. The molecule has 0 atom stereocenters. The number of hydrogen-bond donors (Lipinski definition) is 1. The molecule has 0 heterocycles. The average molecular weight is 316 g/mol. The average Bonchev–Trinajstić information content (AvgIpc) is 2.19. The van der Waals surface area contributed by atoms with Crippen LogP contribution >= 0.6 is 50.7 Å². The third-order valence-electron chi connectivity index (χ3n) is 1.42. The number of benzene rings is 1. The van der Waals surface area contributed by atoms with Gasteiger partial charge in [0.25, 0.3) is 0 Å². The van der Waals surface area contributed by atoms with Gasteiger partial charge in [-0.15, -0.1) is 11.6 Å². The summed E-state index contributed by atoms with van der Waals surface area (Å²) in [5, 5.41) is 0.768. The van der Waals surface area contributed by atoms with E-state index in [1.54, 1.807) is 12.1 Å². The van der Waals surface area contributed by atoms with E-state index in [2.05, 4.69) is 20.9 Å². The molecule has 0 amide bonds. The van der Waals surface area contributed by atoms with Crippen LogP contribution in [0.2, 0.25) is 10.0 Å². The van der Waals surface area contributed by atoms with Gasteiger partial charge in [0.05, 0.1) is 21.6 Å². The monoisotopic (exact) mass is 314 g/mol. The fourth-order valence-corrected chi connectivity index (χ4v) is 1.66. The fourth-order valence-electron chi connectivity index (χ4n) is 0.787. The third kappa shape index (κ3) is 2.76. The van der Waals surface area contributed by atoms with Crippen molar-refractivity contribution in [1.82, 2.24) is 0 Å². The molecule has 0 saturated heterocycles. The number of halogens is 4. The van der Waals surface area contributed by atoms with E-state index in [0.29, 0.717) is 26.0 Å². The summed E-state index contributed by atoms with van der Waals surface area (Å²) >= 11 is 20.5. The van der Waals surface area contributed by atoms with Crippen molar-refractivity contribution >= 4 is 62.3 Å². The van der Waals surface area contributed by atoms with Crippen molar-refractivity contribution in [1.29, 1.82) is 0 Å². The van der Waals surface area contributed by atoms with Gasteiger partial charge in [0.1, 0.15) is 5.84 Å². The fraction of sp³-hybridized carbons (Fsp3) is 0.125.